The number of aromatic carboxylic acids is 1. The summed E-state index contributed by atoms with van der Waals surface area (Å²) in [6.45, 7) is 4.61. The van der Waals surface area contributed by atoms with Crippen molar-refractivity contribution in [2.24, 2.45) is 0 Å². The summed E-state index contributed by atoms with van der Waals surface area (Å²) in [7, 11) is 0. The van der Waals surface area contributed by atoms with Crippen molar-refractivity contribution in [3.63, 3.8) is 0 Å². The molecule has 0 fully saturated rings. The van der Waals surface area contributed by atoms with Gasteiger partial charge in [0.05, 0.1) is 12.2 Å². The van der Waals surface area contributed by atoms with Crippen LogP contribution in [0.3, 0.4) is 0 Å². The van der Waals surface area contributed by atoms with Gasteiger partial charge in [-0.15, -0.1) is 0 Å². The third-order valence-electron chi connectivity index (χ3n) is 2.96. The molecule has 2 rings (SSSR count). The normalized spacial score (nSPS) is 10.2. The Bertz CT molecular complexity index is 617. The highest BCUT2D eigenvalue weighted by molar-refractivity contribution is 5.88. The summed E-state index contributed by atoms with van der Waals surface area (Å²) in [5, 5.41) is 9.01. The molecule has 110 valence electrons. The molecular formula is C17H18O4. The van der Waals surface area contributed by atoms with E-state index in [2.05, 4.69) is 6.92 Å². The molecule has 0 aliphatic carbocycles. The van der Waals surface area contributed by atoms with Crippen molar-refractivity contribution >= 4 is 5.97 Å². The third-order valence-corrected chi connectivity index (χ3v) is 2.96. The molecule has 0 aromatic heterocycles. The molecule has 21 heavy (non-hydrogen) atoms. The summed E-state index contributed by atoms with van der Waals surface area (Å²) in [6, 6.07) is 12.1. The second-order valence-electron chi connectivity index (χ2n) is 4.71. The molecule has 0 aliphatic heterocycles. The van der Waals surface area contributed by atoms with E-state index in [4.69, 9.17) is 14.6 Å². The number of hydrogen-bond acceptors (Lipinski definition) is 3. The average Bonchev–Trinajstić information content (AvgIpc) is 2.48. The molecular weight excluding hydrogens is 268 g/mol. The predicted molar refractivity (Wildman–Crippen MR) is 80.4 cm³/mol. The molecule has 0 unspecified atom stereocenters. The number of aryl methyl sites for hydroxylation is 1. The van der Waals surface area contributed by atoms with Crippen LogP contribution in [0.4, 0.5) is 0 Å². The number of rotatable bonds is 6. The molecule has 0 aliphatic rings. The van der Waals surface area contributed by atoms with Gasteiger partial charge in [-0.2, -0.15) is 0 Å². The van der Waals surface area contributed by atoms with Gasteiger partial charge in [0.1, 0.15) is 17.2 Å². The lowest BCUT2D eigenvalue weighted by molar-refractivity contribution is 0.0696. The second-order valence-corrected chi connectivity index (χ2v) is 4.71. The fourth-order valence-electron chi connectivity index (χ4n) is 1.79. The Labute approximate surface area is 123 Å². The van der Waals surface area contributed by atoms with E-state index in [1.54, 1.807) is 24.3 Å². The highest BCUT2D eigenvalue weighted by Crippen LogP contribution is 2.27. The molecule has 0 amide bonds. The van der Waals surface area contributed by atoms with Crippen LogP contribution in [0.15, 0.2) is 42.5 Å². The molecule has 0 saturated carbocycles. The zero-order valence-corrected chi connectivity index (χ0v) is 12.1. The Hall–Kier alpha value is -2.49. The zero-order chi connectivity index (χ0) is 15.2. The fraction of sp³-hybridized carbons (Fsp3) is 0.235. The van der Waals surface area contributed by atoms with Crippen LogP contribution in [-0.2, 0) is 0 Å². The van der Waals surface area contributed by atoms with Gasteiger partial charge in [0.2, 0.25) is 0 Å². The first kappa shape index (κ1) is 14.9. The summed E-state index contributed by atoms with van der Waals surface area (Å²) in [5.74, 6) is 1.00. The summed E-state index contributed by atoms with van der Waals surface area (Å²) in [4.78, 5) is 11.0. The van der Waals surface area contributed by atoms with Gasteiger partial charge in [0.25, 0.3) is 0 Å². The first-order chi connectivity index (χ1) is 10.1. The lowest BCUT2D eigenvalue weighted by Crippen LogP contribution is -1.98. The summed E-state index contributed by atoms with van der Waals surface area (Å²) in [5.41, 5.74) is 1.09. The van der Waals surface area contributed by atoms with Gasteiger partial charge in [-0.05, 0) is 55.3 Å². The Balaban J connectivity index is 2.14. The van der Waals surface area contributed by atoms with E-state index in [-0.39, 0.29) is 5.56 Å². The van der Waals surface area contributed by atoms with Gasteiger partial charge in [0.15, 0.2) is 0 Å². The van der Waals surface area contributed by atoms with Gasteiger partial charge in [0, 0.05) is 0 Å². The van der Waals surface area contributed by atoms with E-state index in [1.807, 2.05) is 19.1 Å². The Morgan fingerprint density at radius 1 is 1.10 bits per heavy atom. The highest BCUT2D eigenvalue weighted by Gasteiger charge is 2.08. The predicted octanol–water partition coefficient (Wildman–Crippen LogP) is 4.27. The maximum absolute atomic E-state index is 11.0. The Morgan fingerprint density at radius 3 is 2.38 bits per heavy atom. The average molecular weight is 286 g/mol. The van der Waals surface area contributed by atoms with Crippen LogP contribution >= 0.6 is 0 Å². The van der Waals surface area contributed by atoms with E-state index in [0.717, 1.165) is 17.7 Å². The zero-order valence-electron chi connectivity index (χ0n) is 12.1. The van der Waals surface area contributed by atoms with Crippen LogP contribution < -0.4 is 9.47 Å². The van der Waals surface area contributed by atoms with Gasteiger partial charge < -0.3 is 14.6 Å². The quantitative estimate of drug-likeness (QED) is 0.861. The van der Waals surface area contributed by atoms with Crippen LogP contribution in [0.25, 0.3) is 0 Å². The van der Waals surface area contributed by atoms with Crippen molar-refractivity contribution in [2.45, 2.75) is 20.3 Å². The number of carbonyl (C=O) groups is 1. The van der Waals surface area contributed by atoms with E-state index >= 15 is 0 Å². The summed E-state index contributed by atoms with van der Waals surface area (Å²) in [6.07, 6.45) is 0.958. The standard InChI is InChI=1S/C17H18O4/c1-3-10-20-14-6-8-15(9-7-14)21-16-11-13(17(18)19)5-4-12(16)2/h4-9,11H,3,10H2,1-2H3,(H,18,19). The van der Waals surface area contributed by atoms with E-state index in [1.165, 1.54) is 6.07 Å². The minimum absolute atomic E-state index is 0.207. The van der Waals surface area contributed by atoms with Crippen molar-refractivity contribution in [2.75, 3.05) is 6.61 Å². The Kier molecular flexibility index (Phi) is 4.82. The van der Waals surface area contributed by atoms with Crippen LogP contribution in [0.5, 0.6) is 17.2 Å². The van der Waals surface area contributed by atoms with E-state index < -0.39 is 5.97 Å². The molecule has 0 radical (unpaired) electrons. The number of benzene rings is 2. The largest absolute Gasteiger partial charge is 0.494 e. The van der Waals surface area contributed by atoms with Crippen LogP contribution in [0.2, 0.25) is 0 Å². The summed E-state index contributed by atoms with van der Waals surface area (Å²) < 4.78 is 11.2. The smallest absolute Gasteiger partial charge is 0.335 e. The van der Waals surface area contributed by atoms with Crippen molar-refractivity contribution in [3.05, 3.63) is 53.6 Å². The molecule has 0 atom stereocenters. The molecule has 4 heteroatoms. The highest BCUT2D eigenvalue weighted by atomic mass is 16.5. The number of hydrogen-bond donors (Lipinski definition) is 1. The maximum Gasteiger partial charge on any atom is 0.335 e. The molecule has 0 saturated heterocycles. The molecule has 2 aromatic carbocycles. The van der Waals surface area contributed by atoms with E-state index in [0.29, 0.717) is 18.1 Å². The van der Waals surface area contributed by atoms with Crippen LogP contribution in [0.1, 0.15) is 29.3 Å². The molecule has 0 heterocycles. The van der Waals surface area contributed by atoms with Crippen LogP contribution in [0, 0.1) is 6.92 Å². The lowest BCUT2D eigenvalue weighted by atomic mass is 10.1. The summed E-state index contributed by atoms with van der Waals surface area (Å²) >= 11 is 0. The van der Waals surface area contributed by atoms with Gasteiger partial charge in [-0.1, -0.05) is 13.0 Å². The first-order valence-electron chi connectivity index (χ1n) is 6.85. The molecule has 4 nitrogen and oxygen atoms in total. The monoisotopic (exact) mass is 286 g/mol. The van der Waals surface area contributed by atoms with Crippen LogP contribution in [-0.4, -0.2) is 17.7 Å². The maximum atomic E-state index is 11.0. The van der Waals surface area contributed by atoms with Gasteiger partial charge in [-0.3, -0.25) is 0 Å². The minimum Gasteiger partial charge on any atom is -0.494 e. The van der Waals surface area contributed by atoms with Gasteiger partial charge >= 0.3 is 5.97 Å². The molecule has 2 aromatic rings. The minimum atomic E-state index is -0.969. The number of carboxylic acids is 1. The first-order valence-corrected chi connectivity index (χ1v) is 6.85. The van der Waals surface area contributed by atoms with Crippen molar-refractivity contribution in [1.29, 1.82) is 0 Å². The SMILES string of the molecule is CCCOc1ccc(Oc2cc(C(=O)O)ccc2C)cc1. The molecule has 0 bridgehead atoms. The van der Waals surface area contributed by atoms with Crippen molar-refractivity contribution < 1.29 is 19.4 Å². The number of carboxylic acid groups (broad SMARTS) is 1. The topological polar surface area (TPSA) is 55.8 Å². The van der Waals surface area contributed by atoms with Gasteiger partial charge in [-0.25, -0.2) is 4.79 Å². The second kappa shape index (κ2) is 6.79. The third kappa shape index (κ3) is 3.99. The molecule has 1 N–H and O–H groups in total. The molecule has 0 spiro atoms. The Morgan fingerprint density at radius 2 is 1.76 bits per heavy atom. The number of ether oxygens (including phenoxy) is 2. The van der Waals surface area contributed by atoms with Crippen molar-refractivity contribution in [3.8, 4) is 17.2 Å². The fourth-order valence-corrected chi connectivity index (χ4v) is 1.79. The van der Waals surface area contributed by atoms with Crippen molar-refractivity contribution in [1.82, 2.24) is 0 Å². The van der Waals surface area contributed by atoms with E-state index in [9.17, 15) is 4.79 Å². The lowest BCUT2D eigenvalue weighted by Gasteiger charge is -2.10.